The van der Waals surface area contributed by atoms with E-state index in [9.17, 15) is 0 Å². The molecule has 0 saturated carbocycles. The summed E-state index contributed by atoms with van der Waals surface area (Å²) in [5, 5.41) is 4.31. The minimum Gasteiger partial charge on any atom is -0.384 e. The van der Waals surface area contributed by atoms with Crippen LogP contribution in [0.25, 0.3) is 0 Å². The number of anilines is 1. The van der Waals surface area contributed by atoms with Gasteiger partial charge in [0.25, 0.3) is 0 Å². The minimum absolute atomic E-state index is 0.402. The summed E-state index contributed by atoms with van der Waals surface area (Å²) in [6.45, 7) is 0. The Labute approximate surface area is 109 Å². The number of aromatic nitrogens is 2. The zero-order valence-corrected chi connectivity index (χ0v) is 11.0. The molecule has 2 aromatic rings. The maximum absolute atomic E-state index is 5.91. The van der Waals surface area contributed by atoms with Crippen molar-refractivity contribution >= 4 is 21.7 Å². The Morgan fingerprint density at radius 2 is 2.18 bits per heavy atom. The molecular formula is C13H14BrN3. The Morgan fingerprint density at radius 3 is 2.94 bits per heavy atom. The summed E-state index contributed by atoms with van der Waals surface area (Å²) < 4.78 is 3.11. The van der Waals surface area contributed by atoms with E-state index in [0.717, 1.165) is 29.6 Å². The van der Waals surface area contributed by atoms with Crippen LogP contribution >= 0.6 is 15.9 Å². The quantitative estimate of drug-likeness (QED) is 0.878. The van der Waals surface area contributed by atoms with Gasteiger partial charge in [0.15, 0.2) is 0 Å². The average Bonchev–Trinajstić information content (AvgIpc) is 2.75. The molecule has 3 nitrogen and oxygen atoms in total. The van der Waals surface area contributed by atoms with Crippen molar-refractivity contribution in [2.24, 2.45) is 0 Å². The number of hydrogen-bond acceptors (Lipinski definition) is 2. The van der Waals surface area contributed by atoms with E-state index < -0.39 is 0 Å². The summed E-state index contributed by atoms with van der Waals surface area (Å²) in [5.74, 6) is 0.760. The molecule has 1 aliphatic rings. The highest BCUT2D eigenvalue weighted by Gasteiger charge is 2.21. The van der Waals surface area contributed by atoms with Gasteiger partial charge in [-0.2, -0.15) is 5.10 Å². The number of nitrogens with zero attached hydrogens (tertiary/aromatic N) is 2. The van der Waals surface area contributed by atoms with Crippen molar-refractivity contribution < 1.29 is 0 Å². The van der Waals surface area contributed by atoms with Crippen molar-refractivity contribution in [1.29, 1.82) is 0 Å². The van der Waals surface area contributed by atoms with Crippen LogP contribution in [-0.4, -0.2) is 9.78 Å². The van der Waals surface area contributed by atoms with E-state index in [-0.39, 0.29) is 0 Å². The van der Waals surface area contributed by atoms with E-state index in [4.69, 9.17) is 5.73 Å². The molecule has 1 aromatic carbocycles. The van der Waals surface area contributed by atoms with E-state index in [0.29, 0.717) is 6.04 Å². The summed E-state index contributed by atoms with van der Waals surface area (Å²) in [5.41, 5.74) is 8.77. The molecule has 0 bridgehead atoms. The molecule has 1 heterocycles. The van der Waals surface area contributed by atoms with Crippen LogP contribution in [0.15, 0.2) is 34.9 Å². The van der Waals surface area contributed by atoms with E-state index >= 15 is 0 Å². The van der Waals surface area contributed by atoms with Crippen molar-refractivity contribution in [2.45, 2.75) is 25.3 Å². The monoisotopic (exact) mass is 291 g/mol. The van der Waals surface area contributed by atoms with Gasteiger partial charge in [-0.3, -0.25) is 0 Å². The molecular weight excluding hydrogens is 278 g/mol. The Balaban J connectivity index is 1.91. The first-order valence-corrected chi connectivity index (χ1v) is 6.59. The van der Waals surface area contributed by atoms with Gasteiger partial charge in [-0.25, -0.2) is 4.68 Å². The topological polar surface area (TPSA) is 43.8 Å². The lowest BCUT2D eigenvalue weighted by molar-refractivity contribution is 0.410. The highest BCUT2D eigenvalue weighted by molar-refractivity contribution is 9.10. The molecule has 0 fully saturated rings. The van der Waals surface area contributed by atoms with Crippen molar-refractivity contribution in [2.75, 3.05) is 5.73 Å². The van der Waals surface area contributed by atoms with Gasteiger partial charge in [0.2, 0.25) is 0 Å². The van der Waals surface area contributed by atoms with Gasteiger partial charge >= 0.3 is 0 Å². The fraction of sp³-hybridized carbons (Fsp3) is 0.308. The van der Waals surface area contributed by atoms with Gasteiger partial charge in [0, 0.05) is 4.47 Å². The van der Waals surface area contributed by atoms with Gasteiger partial charge in [0.1, 0.15) is 5.82 Å². The maximum Gasteiger partial charge on any atom is 0.121 e. The summed E-state index contributed by atoms with van der Waals surface area (Å²) in [7, 11) is 0. The molecule has 0 aliphatic heterocycles. The lowest BCUT2D eigenvalue weighted by Crippen LogP contribution is -2.20. The van der Waals surface area contributed by atoms with Crippen LogP contribution in [0.5, 0.6) is 0 Å². The molecule has 1 unspecified atom stereocenters. The average molecular weight is 292 g/mol. The summed E-state index contributed by atoms with van der Waals surface area (Å²) in [4.78, 5) is 0. The van der Waals surface area contributed by atoms with Gasteiger partial charge < -0.3 is 5.73 Å². The van der Waals surface area contributed by atoms with Crippen molar-refractivity contribution in [3.63, 3.8) is 0 Å². The predicted octanol–water partition coefficient (Wildman–Crippen LogP) is 2.96. The lowest BCUT2D eigenvalue weighted by atomic mass is 9.88. The Bertz CT molecular complexity index is 547. The SMILES string of the molecule is Nc1ccnn1C1CCc2cc(Br)ccc2C1. The Hall–Kier alpha value is -1.29. The highest BCUT2D eigenvalue weighted by atomic mass is 79.9. The number of hydrogen-bond donors (Lipinski definition) is 1. The maximum atomic E-state index is 5.91. The number of nitrogen functional groups attached to an aromatic ring is 1. The van der Waals surface area contributed by atoms with Gasteiger partial charge in [-0.05, 0) is 48.6 Å². The third-order valence-electron chi connectivity index (χ3n) is 3.42. The van der Waals surface area contributed by atoms with Crippen LogP contribution in [0, 0.1) is 0 Å². The van der Waals surface area contributed by atoms with Crippen molar-refractivity contribution in [1.82, 2.24) is 9.78 Å². The second-order valence-corrected chi connectivity index (χ2v) is 5.43. The van der Waals surface area contributed by atoms with E-state index in [1.807, 2.05) is 10.7 Å². The van der Waals surface area contributed by atoms with Gasteiger partial charge in [-0.15, -0.1) is 0 Å². The number of benzene rings is 1. The first kappa shape index (κ1) is 10.8. The molecule has 1 aromatic heterocycles. The fourth-order valence-electron chi connectivity index (χ4n) is 2.54. The number of rotatable bonds is 1. The largest absolute Gasteiger partial charge is 0.384 e. The van der Waals surface area contributed by atoms with Crippen molar-refractivity contribution in [3.8, 4) is 0 Å². The molecule has 1 aliphatic carbocycles. The molecule has 3 rings (SSSR count). The van der Waals surface area contributed by atoms with Gasteiger partial charge in [-0.1, -0.05) is 22.0 Å². The third kappa shape index (κ3) is 1.97. The first-order valence-electron chi connectivity index (χ1n) is 5.80. The Morgan fingerprint density at radius 1 is 1.29 bits per heavy atom. The first-order chi connectivity index (χ1) is 8.24. The molecule has 0 saturated heterocycles. The van der Waals surface area contributed by atoms with Crippen LogP contribution in [0.4, 0.5) is 5.82 Å². The van der Waals surface area contributed by atoms with Crippen LogP contribution in [0.2, 0.25) is 0 Å². The number of aryl methyl sites for hydroxylation is 1. The number of fused-ring (bicyclic) bond motifs is 1. The second-order valence-electron chi connectivity index (χ2n) is 4.51. The minimum atomic E-state index is 0.402. The van der Waals surface area contributed by atoms with Crippen LogP contribution in [-0.2, 0) is 12.8 Å². The molecule has 0 spiro atoms. The normalized spacial score (nSPS) is 19.0. The standard InChI is InChI=1S/C13H14BrN3/c14-11-3-1-10-8-12(4-2-9(10)7-11)17-13(15)5-6-16-17/h1,3,5-7,12H,2,4,8,15H2. The molecule has 0 radical (unpaired) electrons. The Kier molecular flexibility index (Phi) is 2.67. The molecule has 2 N–H and O–H groups in total. The summed E-state index contributed by atoms with van der Waals surface area (Å²) in [6, 6.07) is 8.78. The van der Waals surface area contributed by atoms with Crippen molar-refractivity contribution in [3.05, 3.63) is 46.1 Å². The molecule has 17 heavy (non-hydrogen) atoms. The smallest absolute Gasteiger partial charge is 0.121 e. The number of nitrogens with two attached hydrogens (primary N) is 1. The lowest BCUT2D eigenvalue weighted by Gasteiger charge is -2.25. The zero-order chi connectivity index (χ0) is 11.8. The molecule has 1 atom stereocenters. The number of halogens is 1. The zero-order valence-electron chi connectivity index (χ0n) is 9.44. The van der Waals surface area contributed by atoms with Crippen LogP contribution in [0.3, 0.4) is 0 Å². The van der Waals surface area contributed by atoms with Crippen LogP contribution < -0.4 is 5.73 Å². The third-order valence-corrected chi connectivity index (χ3v) is 3.91. The summed E-state index contributed by atoms with van der Waals surface area (Å²) in [6.07, 6.45) is 5.00. The second kappa shape index (κ2) is 4.18. The van der Waals surface area contributed by atoms with E-state index in [2.05, 4.69) is 39.2 Å². The summed E-state index contributed by atoms with van der Waals surface area (Å²) >= 11 is 3.52. The highest BCUT2D eigenvalue weighted by Crippen LogP contribution is 2.31. The predicted molar refractivity (Wildman–Crippen MR) is 71.8 cm³/mol. The molecule has 4 heteroatoms. The molecule has 88 valence electrons. The fourth-order valence-corrected chi connectivity index (χ4v) is 2.95. The van der Waals surface area contributed by atoms with E-state index in [1.54, 1.807) is 6.20 Å². The van der Waals surface area contributed by atoms with E-state index in [1.165, 1.54) is 11.1 Å². The molecule has 0 amide bonds. The van der Waals surface area contributed by atoms with Crippen LogP contribution in [0.1, 0.15) is 23.6 Å². The van der Waals surface area contributed by atoms with Gasteiger partial charge in [0.05, 0.1) is 12.2 Å².